The Morgan fingerprint density at radius 2 is 2.19 bits per heavy atom. The number of carbonyl (C=O) groups excluding carboxylic acids is 1. The number of pyridine rings is 1. The van der Waals surface area contributed by atoms with Crippen LogP contribution in [-0.2, 0) is 10.0 Å². The van der Waals surface area contributed by atoms with Gasteiger partial charge in [-0.05, 0) is 18.9 Å². The van der Waals surface area contributed by atoms with Gasteiger partial charge in [-0.2, -0.15) is 0 Å². The molecule has 16 heavy (non-hydrogen) atoms. The van der Waals surface area contributed by atoms with Crippen LogP contribution in [0, 0.1) is 0 Å². The number of carbonyl (C=O) groups is 1. The average molecular weight is 261 g/mol. The normalized spacial score (nSPS) is 15.8. The van der Waals surface area contributed by atoms with Crippen molar-refractivity contribution in [3.05, 3.63) is 23.0 Å². The highest BCUT2D eigenvalue weighted by molar-refractivity contribution is 7.93. The summed E-state index contributed by atoms with van der Waals surface area (Å²) in [7, 11) is -3.38. The molecule has 2 rings (SSSR count). The fourth-order valence-electron chi connectivity index (χ4n) is 1.22. The van der Waals surface area contributed by atoms with Crippen LogP contribution in [0.1, 0.15) is 23.2 Å². The maximum Gasteiger partial charge on any atom is 0.235 e. The van der Waals surface area contributed by atoms with Gasteiger partial charge in [0, 0.05) is 11.8 Å². The molecule has 1 aromatic heterocycles. The number of anilines is 1. The molecule has 0 aromatic carbocycles. The third-order valence-corrected chi connectivity index (χ3v) is 4.37. The summed E-state index contributed by atoms with van der Waals surface area (Å²) in [6.45, 7) is 0. The molecule has 1 aliphatic rings. The quantitative estimate of drug-likeness (QED) is 0.657. The van der Waals surface area contributed by atoms with Crippen LogP contribution in [0.2, 0.25) is 5.15 Å². The Balaban J connectivity index is 2.29. The molecule has 0 unspecified atom stereocenters. The molecule has 0 saturated heterocycles. The van der Waals surface area contributed by atoms with Crippen LogP contribution in [-0.4, -0.2) is 24.9 Å². The molecule has 1 saturated carbocycles. The number of hydrogen-bond acceptors (Lipinski definition) is 4. The number of sulfonamides is 1. The Labute approximate surface area is 97.9 Å². The van der Waals surface area contributed by atoms with E-state index in [0.29, 0.717) is 19.1 Å². The standard InChI is InChI=1S/C9H9ClN2O3S/c10-9-8(3-6(5-13)4-11-9)12-16(14,15)7-1-2-7/h3-5,7,12H,1-2H2. The second kappa shape index (κ2) is 4.03. The summed E-state index contributed by atoms with van der Waals surface area (Å²) in [6.07, 6.45) is 3.18. The lowest BCUT2D eigenvalue weighted by Gasteiger charge is -2.08. The minimum Gasteiger partial charge on any atom is -0.298 e. The first kappa shape index (κ1) is 11.3. The number of aromatic nitrogens is 1. The molecule has 1 aromatic rings. The summed E-state index contributed by atoms with van der Waals surface area (Å²) in [5.41, 5.74) is 0.427. The van der Waals surface area contributed by atoms with E-state index in [1.165, 1.54) is 12.3 Å². The zero-order valence-corrected chi connectivity index (χ0v) is 9.75. The number of halogens is 1. The van der Waals surface area contributed by atoms with Crippen LogP contribution in [0.5, 0.6) is 0 Å². The van der Waals surface area contributed by atoms with E-state index in [9.17, 15) is 13.2 Å². The van der Waals surface area contributed by atoms with Crippen molar-refractivity contribution >= 4 is 33.6 Å². The van der Waals surface area contributed by atoms with Crippen molar-refractivity contribution in [2.45, 2.75) is 18.1 Å². The molecule has 86 valence electrons. The number of nitrogens with one attached hydrogen (secondary N) is 1. The molecule has 0 atom stereocenters. The minimum atomic E-state index is -3.38. The zero-order valence-electron chi connectivity index (χ0n) is 8.18. The summed E-state index contributed by atoms with van der Waals surface area (Å²) in [4.78, 5) is 14.2. The summed E-state index contributed by atoms with van der Waals surface area (Å²) < 4.78 is 25.6. The maximum absolute atomic E-state index is 11.6. The SMILES string of the molecule is O=Cc1cnc(Cl)c(NS(=O)(=O)C2CC2)c1. The van der Waals surface area contributed by atoms with E-state index < -0.39 is 10.0 Å². The number of hydrogen-bond donors (Lipinski definition) is 1. The van der Waals surface area contributed by atoms with Gasteiger partial charge in [-0.3, -0.25) is 9.52 Å². The van der Waals surface area contributed by atoms with Gasteiger partial charge in [-0.1, -0.05) is 11.6 Å². The first-order chi connectivity index (χ1) is 7.53. The van der Waals surface area contributed by atoms with Gasteiger partial charge in [0.1, 0.15) is 0 Å². The second-order valence-corrected chi connectivity index (χ2v) is 5.89. The molecule has 0 bridgehead atoms. The van der Waals surface area contributed by atoms with E-state index >= 15 is 0 Å². The van der Waals surface area contributed by atoms with Gasteiger partial charge >= 0.3 is 0 Å². The van der Waals surface area contributed by atoms with Gasteiger partial charge in [0.05, 0.1) is 10.9 Å². The van der Waals surface area contributed by atoms with Gasteiger partial charge in [0.2, 0.25) is 10.0 Å². The van der Waals surface area contributed by atoms with Gasteiger partial charge in [0.15, 0.2) is 11.4 Å². The Hall–Kier alpha value is -1.14. The molecule has 1 heterocycles. The fraction of sp³-hybridized carbons (Fsp3) is 0.333. The lowest BCUT2D eigenvalue weighted by Crippen LogP contribution is -2.17. The van der Waals surface area contributed by atoms with E-state index in [1.54, 1.807) is 0 Å². The van der Waals surface area contributed by atoms with Crippen LogP contribution >= 0.6 is 11.6 Å². The summed E-state index contributed by atoms with van der Waals surface area (Å²) >= 11 is 5.73. The van der Waals surface area contributed by atoms with Gasteiger partial charge in [-0.25, -0.2) is 13.4 Å². The van der Waals surface area contributed by atoms with Crippen molar-refractivity contribution in [1.29, 1.82) is 0 Å². The number of aldehydes is 1. The topological polar surface area (TPSA) is 76.1 Å². The molecule has 1 fully saturated rings. The summed E-state index contributed by atoms with van der Waals surface area (Å²) in [5.74, 6) is 0. The zero-order chi connectivity index (χ0) is 11.8. The first-order valence-electron chi connectivity index (χ1n) is 4.65. The highest BCUT2D eigenvalue weighted by Gasteiger charge is 2.36. The van der Waals surface area contributed by atoms with Crippen molar-refractivity contribution in [3.63, 3.8) is 0 Å². The fourth-order valence-corrected chi connectivity index (χ4v) is 2.81. The molecular weight excluding hydrogens is 252 g/mol. The Bertz CT molecular complexity index is 526. The predicted molar refractivity (Wildman–Crippen MR) is 60.2 cm³/mol. The van der Waals surface area contributed by atoms with E-state index in [1.807, 2.05) is 0 Å². The molecular formula is C9H9ClN2O3S. The minimum absolute atomic E-state index is 0.0369. The largest absolute Gasteiger partial charge is 0.298 e. The third kappa shape index (κ3) is 2.33. The molecule has 0 aliphatic heterocycles. The Morgan fingerprint density at radius 3 is 2.75 bits per heavy atom. The molecule has 0 radical (unpaired) electrons. The van der Waals surface area contributed by atoms with Crippen molar-refractivity contribution in [2.75, 3.05) is 4.72 Å². The highest BCUT2D eigenvalue weighted by Crippen LogP contribution is 2.31. The molecule has 1 aliphatic carbocycles. The van der Waals surface area contributed by atoms with E-state index in [2.05, 4.69) is 9.71 Å². The van der Waals surface area contributed by atoms with E-state index in [-0.39, 0.29) is 21.7 Å². The van der Waals surface area contributed by atoms with E-state index in [0.717, 1.165) is 0 Å². The lowest BCUT2D eigenvalue weighted by molar-refractivity contribution is 0.112. The van der Waals surface area contributed by atoms with Gasteiger partial charge < -0.3 is 0 Å². The van der Waals surface area contributed by atoms with Crippen LogP contribution in [0.4, 0.5) is 5.69 Å². The van der Waals surface area contributed by atoms with Gasteiger partial charge in [0.25, 0.3) is 0 Å². The summed E-state index contributed by atoms with van der Waals surface area (Å²) in [5, 5.41) is -0.307. The Morgan fingerprint density at radius 1 is 1.50 bits per heavy atom. The average Bonchev–Trinajstić information content (AvgIpc) is 3.04. The van der Waals surface area contributed by atoms with Crippen molar-refractivity contribution in [3.8, 4) is 0 Å². The third-order valence-electron chi connectivity index (χ3n) is 2.21. The molecule has 0 spiro atoms. The van der Waals surface area contributed by atoms with Crippen molar-refractivity contribution < 1.29 is 13.2 Å². The first-order valence-corrected chi connectivity index (χ1v) is 6.58. The summed E-state index contributed by atoms with van der Waals surface area (Å²) in [6, 6.07) is 1.36. The van der Waals surface area contributed by atoms with Crippen LogP contribution < -0.4 is 4.72 Å². The van der Waals surface area contributed by atoms with Crippen molar-refractivity contribution in [1.82, 2.24) is 4.98 Å². The lowest BCUT2D eigenvalue weighted by atomic mass is 10.3. The van der Waals surface area contributed by atoms with E-state index in [4.69, 9.17) is 11.6 Å². The maximum atomic E-state index is 11.6. The van der Waals surface area contributed by atoms with Crippen molar-refractivity contribution in [2.24, 2.45) is 0 Å². The molecule has 5 nitrogen and oxygen atoms in total. The van der Waals surface area contributed by atoms with Crippen LogP contribution in [0.25, 0.3) is 0 Å². The van der Waals surface area contributed by atoms with Crippen LogP contribution in [0.15, 0.2) is 12.3 Å². The number of rotatable bonds is 4. The monoisotopic (exact) mass is 260 g/mol. The van der Waals surface area contributed by atoms with Gasteiger partial charge in [-0.15, -0.1) is 0 Å². The predicted octanol–water partition coefficient (Wildman–Crippen LogP) is 1.45. The number of nitrogens with zero attached hydrogens (tertiary/aromatic N) is 1. The Kier molecular flexibility index (Phi) is 2.86. The second-order valence-electron chi connectivity index (χ2n) is 3.57. The smallest absolute Gasteiger partial charge is 0.235 e. The molecule has 1 N–H and O–H groups in total. The molecule has 7 heteroatoms. The highest BCUT2D eigenvalue weighted by atomic mass is 35.5. The molecule has 0 amide bonds. The van der Waals surface area contributed by atoms with Crippen LogP contribution in [0.3, 0.4) is 0 Å².